The predicted molar refractivity (Wildman–Crippen MR) is 302 cm³/mol. The molecule has 408 valence electrons. The van der Waals surface area contributed by atoms with Crippen LogP contribution in [-0.4, -0.2) is 37.2 Å². The van der Waals surface area contributed by atoms with E-state index in [-0.39, 0.29) is 31.1 Å². The van der Waals surface area contributed by atoms with Crippen molar-refractivity contribution in [3.63, 3.8) is 0 Å². The van der Waals surface area contributed by atoms with Crippen LogP contribution in [-0.2, 0) is 28.6 Å². The lowest BCUT2D eigenvalue weighted by molar-refractivity contribution is -0.167. The second-order valence-electron chi connectivity index (χ2n) is 20.6. The highest BCUT2D eigenvalue weighted by molar-refractivity contribution is 5.71. The van der Waals surface area contributed by atoms with E-state index in [9.17, 15) is 14.4 Å². The van der Waals surface area contributed by atoms with Gasteiger partial charge in [-0.1, -0.05) is 256 Å². The third kappa shape index (κ3) is 56.3. The quantitative estimate of drug-likeness (QED) is 0.0199. The van der Waals surface area contributed by atoms with E-state index in [4.69, 9.17) is 14.2 Å². The molecule has 1 unspecified atom stereocenters. The van der Waals surface area contributed by atoms with Crippen molar-refractivity contribution in [1.29, 1.82) is 0 Å². The van der Waals surface area contributed by atoms with Gasteiger partial charge in [0.25, 0.3) is 0 Å². The van der Waals surface area contributed by atoms with E-state index in [0.717, 1.165) is 77.0 Å². The molecule has 0 aliphatic rings. The minimum absolute atomic E-state index is 0.0809. The van der Waals surface area contributed by atoms with Crippen molar-refractivity contribution in [3.8, 4) is 0 Å². The Kier molecular flexibility index (Phi) is 56.7. The maximum atomic E-state index is 12.9. The Hall–Kier alpha value is -2.63. The van der Waals surface area contributed by atoms with Gasteiger partial charge in [-0.3, -0.25) is 14.4 Å². The Labute approximate surface area is 435 Å². The van der Waals surface area contributed by atoms with Gasteiger partial charge >= 0.3 is 17.9 Å². The molecule has 0 aliphatic heterocycles. The van der Waals surface area contributed by atoms with Crippen LogP contribution in [0.25, 0.3) is 0 Å². The molecule has 6 heteroatoms. The molecule has 0 bridgehead atoms. The largest absolute Gasteiger partial charge is 0.462 e. The highest BCUT2D eigenvalue weighted by atomic mass is 16.6. The fraction of sp³-hybridized carbons (Fsp3) is 0.828. The third-order valence-electron chi connectivity index (χ3n) is 13.6. The summed E-state index contributed by atoms with van der Waals surface area (Å²) in [6, 6.07) is 0. The second kappa shape index (κ2) is 58.9. The Morgan fingerprint density at radius 1 is 0.286 bits per heavy atom. The van der Waals surface area contributed by atoms with Gasteiger partial charge in [-0.25, -0.2) is 0 Å². The zero-order valence-corrected chi connectivity index (χ0v) is 46.8. The average molecular weight is 982 g/mol. The van der Waals surface area contributed by atoms with Crippen LogP contribution in [0.1, 0.15) is 323 Å². The summed E-state index contributed by atoms with van der Waals surface area (Å²) in [5.74, 6) is -0.889. The molecule has 0 fully saturated rings. The monoisotopic (exact) mass is 981 g/mol. The first-order valence-corrected chi connectivity index (χ1v) is 30.7. The van der Waals surface area contributed by atoms with E-state index in [0.29, 0.717) is 19.3 Å². The topological polar surface area (TPSA) is 78.9 Å². The van der Waals surface area contributed by atoms with E-state index in [2.05, 4.69) is 69.4 Å². The van der Waals surface area contributed by atoms with Gasteiger partial charge in [-0.2, -0.15) is 0 Å². The lowest BCUT2D eigenvalue weighted by Crippen LogP contribution is -2.30. The first kappa shape index (κ1) is 67.4. The van der Waals surface area contributed by atoms with Crippen LogP contribution in [0.15, 0.2) is 48.6 Å². The van der Waals surface area contributed by atoms with Gasteiger partial charge in [-0.05, 0) is 96.3 Å². The Bertz CT molecular complexity index is 1220. The van der Waals surface area contributed by atoms with Gasteiger partial charge in [0.2, 0.25) is 0 Å². The summed E-state index contributed by atoms with van der Waals surface area (Å²) in [7, 11) is 0. The van der Waals surface area contributed by atoms with Crippen LogP contribution in [0.4, 0.5) is 0 Å². The normalized spacial score (nSPS) is 12.3. The SMILES string of the molecule is CCCCC/C=C\C=C/CCCCCCCCC(=O)OCC(COC(=O)CCCCCCCCC/C=C\CCCCCCCCCC)OC(=O)CCCCCCC/C=C\CCCCCCCCCCC. The maximum Gasteiger partial charge on any atom is 0.306 e. The zero-order valence-electron chi connectivity index (χ0n) is 46.8. The summed E-state index contributed by atoms with van der Waals surface area (Å²) in [5, 5.41) is 0. The van der Waals surface area contributed by atoms with E-state index >= 15 is 0 Å². The molecule has 0 aliphatic carbocycles. The minimum atomic E-state index is -0.784. The third-order valence-corrected chi connectivity index (χ3v) is 13.6. The highest BCUT2D eigenvalue weighted by Gasteiger charge is 2.19. The lowest BCUT2D eigenvalue weighted by Gasteiger charge is -2.18. The number of carbonyl (C=O) groups is 3. The fourth-order valence-electron chi connectivity index (χ4n) is 8.90. The summed E-state index contributed by atoms with van der Waals surface area (Å²) in [6.45, 7) is 6.63. The Morgan fingerprint density at radius 3 is 0.829 bits per heavy atom. The van der Waals surface area contributed by atoms with Crippen molar-refractivity contribution in [3.05, 3.63) is 48.6 Å². The van der Waals surface area contributed by atoms with Crippen LogP contribution >= 0.6 is 0 Å². The molecule has 1 atom stereocenters. The average Bonchev–Trinajstić information content (AvgIpc) is 3.36. The fourth-order valence-corrected chi connectivity index (χ4v) is 8.90. The van der Waals surface area contributed by atoms with Crippen LogP contribution in [0.5, 0.6) is 0 Å². The lowest BCUT2D eigenvalue weighted by atomic mass is 10.1. The van der Waals surface area contributed by atoms with Crippen LogP contribution in [0.3, 0.4) is 0 Å². The van der Waals surface area contributed by atoms with Crippen LogP contribution in [0.2, 0.25) is 0 Å². The summed E-state index contributed by atoms with van der Waals surface area (Å²) in [5.41, 5.74) is 0. The van der Waals surface area contributed by atoms with E-state index in [1.807, 2.05) is 0 Å². The molecule has 0 aromatic carbocycles. The van der Waals surface area contributed by atoms with Gasteiger partial charge in [0.15, 0.2) is 6.10 Å². The van der Waals surface area contributed by atoms with Crippen molar-refractivity contribution in [2.45, 2.75) is 329 Å². The van der Waals surface area contributed by atoms with Gasteiger partial charge in [0.05, 0.1) is 0 Å². The van der Waals surface area contributed by atoms with Crippen molar-refractivity contribution in [1.82, 2.24) is 0 Å². The number of ether oxygens (including phenoxy) is 3. The molecule has 0 aromatic rings. The molecule has 0 N–H and O–H groups in total. The molecular weight excluding hydrogens is 865 g/mol. The molecule has 0 saturated carbocycles. The molecule has 6 nitrogen and oxygen atoms in total. The maximum absolute atomic E-state index is 12.9. The molecule has 0 saturated heterocycles. The van der Waals surface area contributed by atoms with E-state index in [1.54, 1.807) is 0 Å². The first-order chi connectivity index (χ1) is 34.5. The molecule has 0 heterocycles. The van der Waals surface area contributed by atoms with Gasteiger partial charge in [0.1, 0.15) is 13.2 Å². The molecule has 0 radical (unpaired) electrons. The van der Waals surface area contributed by atoms with Crippen molar-refractivity contribution in [2.75, 3.05) is 13.2 Å². The zero-order chi connectivity index (χ0) is 50.7. The van der Waals surface area contributed by atoms with Crippen molar-refractivity contribution >= 4 is 17.9 Å². The number of allylic oxidation sites excluding steroid dienone is 8. The number of hydrogen-bond donors (Lipinski definition) is 0. The smallest absolute Gasteiger partial charge is 0.306 e. The van der Waals surface area contributed by atoms with E-state index < -0.39 is 6.10 Å². The molecule has 0 amide bonds. The summed E-state index contributed by atoms with van der Waals surface area (Å²) in [6.07, 6.45) is 72.5. The van der Waals surface area contributed by atoms with E-state index in [1.165, 1.54) is 205 Å². The van der Waals surface area contributed by atoms with Crippen LogP contribution in [0, 0.1) is 0 Å². The van der Waals surface area contributed by atoms with Crippen LogP contribution < -0.4 is 0 Å². The Morgan fingerprint density at radius 2 is 0.514 bits per heavy atom. The first-order valence-electron chi connectivity index (χ1n) is 30.7. The highest BCUT2D eigenvalue weighted by Crippen LogP contribution is 2.16. The molecule has 0 spiro atoms. The van der Waals surface area contributed by atoms with Crippen molar-refractivity contribution < 1.29 is 28.6 Å². The second-order valence-corrected chi connectivity index (χ2v) is 20.6. The number of hydrogen-bond acceptors (Lipinski definition) is 6. The van der Waals surface area contributed by atoms with Gasteiger partial charge < -0.3 is 14.2 Å². The summed E-state index contributed by atoms with van der Waals surface area (Å²) >= 11 is 0. The predicted octanol–water partition coefficient (Wildman–Crippen LogP) is 20.6. The molecule has 70 heavy (non-hydrogen) atoms. The van der Waals surface area contributed by atoms with Gasteiger partial charge in [0, 0.05) is 19.3 Å². The molecule has 0 aromatic heterocycles. The number of esters is 3. The van der Waals surface area contributed by atoms with Crippen molar-refractivity contribution in [2.24, 2.45) is 0 Å². The molecular formula is C64H116O6. The number of carbonyl (C=O) groups excluding carboxylic acids is 3. The number of unbranched alkanes of at least 4 members (excludes halogenated alkanes) is 38. The standard InChI is InChI=1S/C64H116O6/c1-4-7-10-13-16-19-22-25-28-30-32-34-36-39-42-45-48-51-54-57-63(66)69-60-61(59-68-62(65)56-53-50-47-44-41-38-35-27-24-21-18-15-12-9-6-3)70-64(67)58-55-52-49-46-43-40-37-33-31-29-26-23-20-17-14-11-8-5-2/h18,21,24,27,30,32-33,37,61H,4-17,19-20,22-23,25-26,28-29,31,34-36,38-60H2,1-3H3/b21-18-,27-24-,32-30-,37-33-. The molecule has 0 rings (SSSR count). The minimum Gasteiger partial charge on any atom is -0.462 e. The Balaban J connectivity index is 4.38. The van der Waals surface area contributed by atoms with Gasteiger partial charge in [-0.15, -0.1) is 0 Å². The summed E-state index contributed by atoms with van der Waals surface area (Å²) < 4.78 is 16.9. The summed E-state index contributed by atoms with van der Waals surface area (Å²) in [4.78, 5) is 38.2. The number of rotatable bonds is 56.